The Hall–Kier alpha value is -0.610. The number of aliphatic hydroxyl groups is 1. The van der Waals surface area contributed by atoms with Gasteiger partial charge in [0.05, 0.1) is 0 Å². The van der Waals surface area contributed by atoms with Gasteiger partial charge in [-0.3, -0.25) is 4.79 Å². The van der Waals surface area contributed by atoms with E-state index in [1.165, 1.54) is 44.9 Å². The molecule has 3 rings (SSSR count). The summed E-state index contributed by atoms with van der Waals surface area (Å²) in [5.74, 6) is 0.767. The maximum Gasteiger partial charge on any atom is 0.255 e. The van der Waals surface area contributed by atoms with Crippen LogP contribution in [-0.2, 0) is 4.79 Å². The molecule has 0 aromatic carbocycles. The Balaban J connectivity index is 1.48. The molecule has 4 nitrogen and oxygen atoms in total. The first-order valence-corrected chi connectivity index (χ1v) is 8.92. The van der Waals surface area contributed by atoms with E-state index in [0.29, 0.717) is 19.0 Å². The highest BCUT2D eigenvalue weighted by molar-refractivity contribution is 5.86. The normalized spacial score (nSPS) is 31.7. The predicted molar refractivity (Wildman–Crippen MR) is 83.0 cm³/mol. The number of hydrogen-bond acceptors (Lipinski definition) is 3. The van der Waals surface area contributed by atoms with Crippen molar-refractivity contribution in [1.29, 1.82) is 0 Å². The molecule has 0 spiro atoms. The molecule has 0 aromatic heterocycles. The first kappa shape index (κ1) is 15.3. The molecular formula is C17H30N2O2. The van der Waals surface area contributed by atoms with Gasteiger partial charge in [-0.15, -0.1) is 0 Å². The van der Waals surface area contributed by atoms with E-state index in [0.717, 1.165) is 31.8 Å². The van der Waals surface area contributed by atoms with Crippen molar-refractivity contribution in [2.45, 2.75) is 75.9 Å². The highest BCUT2D eigenvalue weighted by Gasteiger charge is 2.42. The lowest BCUT2D eigenvalue weighted by Crippen LogP contribution is -2.58. The third-order valence-electron chi connectivity index (χ3n) is 5.50. The monoisotopic (exact) mass is 294 g/mol. The predicted octanol–water partition coefficient (Wildman–Crippen LogP) is 2.06. The summed E-state index contributed by atoms with van der Waals surface area (Å²) in [5, 5.41) is 14.0. The summed E-state index contributed by atoms with van der Waals surface area (Å²) in [6.07, 6.45) is 11.8. The standard InChI is InChI=1S/C17H30N2O2/c20-16-17(21,13-18-15-7-8-15)10-4-11-19(16)12-9-14-5-2-1-3-6-14/h14-15,18,21H,1-13H2/t17-/m0/s1. The van der Waals surface area contributed by atoms with Gasteiger partial charge in [0.1, 0.15) is 0 Å². The molecule has 1 aliphatic heterocycles. The number of rotatable bonds is 6. The summed E-state index contributed by atoms with van der Waals surface area (Å²) in [7, 11) is 0. The minimum absolute atomic E-state index is 0.0299. The molecule has 0 unspecified atom stereocenters. The SMILES string of the molecule is O=C1N(CCC2CCCCC2)CCC[C@]1(O)CNC1CC1. The minimum atomic E-state index is -1.15. The van der Waals surface area contributed by atoms with Crippen LogP contribution >= 0.6 is 0 Å². The van der Waals surface area contributed by atoms with Crippen molar-refractivity contribution < 1.29 is 9.90 Å². The molecule has 2 aliphatic carbocycles. The first-order valence-electron chi connectivity index (χ1n) is 8.92. The summed E-state index contributed by atoms with van der Waals surface area (Å²) in [6.45, 7) is 2.11. The summed E-state index contributed by atoms with van der Waals surface area (Å²) >= 11 is 0. The molecule has 0 bridgehead atoms. The Morgan fingerprint density at radius 2 is 1.90 bits per heavy atom. The molecule has 120 valence electrons. The maximum atomic E-state index is 12.6. The highest BCUT2D eigenvalue weighted by atomic mass is 16.3. The van der Waals surface area contributed by atoms with Crippen molar-refractivity contribution in [3.05, 3.63) is 0 Å². The molecule has 3 fully saturated rings. The average molecular weight is 294 g/mol. The Morgan fingerprint density at radius 3 is 2.62 bits per heavy atom. The first-order chi connectivity index (χ1) is 10.2. The number of likely N-dealkylation sites (tertiary alicyclic amines) is 1. The number of amides is 1. The number of piperidine rings is 1. The van der Waals surface area contributed by atoms with E-state index in [4.69, 9.17) is 0 Å². The fraction of sp³-hybridized carbons (Fsp3) is 0.941. The van der Waals surface area contributed by atoms with E-state index < -0.39 is 5.60 Å². The van der Waals surface area contributed by atoms with E-state index in [2.05, 4.69) is 5.32 Å². The van der Waals surface area contributed by atoms with Crippen LogP contribution in [0.5, 0.6) is 0 Å². The van der Waals surface area contributed by atoms with Crippen molar-refractivity contribution in [2.75, 3.05) is 19.6 Å². The van der Waals surface area contributed by atoms with Crippen LogP contribution in [0, 0.1) is 5.92 Å². The van der Waals surface area contributed by atoms with Crippen LogP contribution in [-0.4, -0.2) is 47.2 Å². The lowest BCUT2D eigenvalue weighted by molar-refractivity contribution is -0.156. The topological polar surface area (TPSA) is 52.6 Å². The van der Waals surface area contributed by atoms with Gasteiger partial charge in [-0.25, -0.2) is 0 Å². The van der Waals surface area contributed by atoms with E-state index in [1.807, 2.05) is 4.90 Å². The van der Waals surface area contributed by atoms with Crippen molar-refractivity contribution in [3.8, 4) is 0 Å². The van der Waals surface area contributed by atoms with Crippen molar-refractivity contribution >= 4 is 5.91 Å². The quantitative estimate of drug-likeness (QED) is 0.788. The Kier molecular flexibility index (Phi) is 4.85. The molecule has 1 atom stereocenters. The van der Waals surface area contributed by atoms with Crippen LogP contribution in [0.3, 0.4) is 0 Å². The van der Waals surface area contributed by atoms with E-state index in [1.54, 1.807) is 0 Å². The van der Waals surface area contributed by atoms with Crippen molar-refractivity contribution in [2.24, 2.45) is 5.92 Å². The third kappa shape index (κ3) is 3.98. The second-order valence-electron chi connectivity index (χ2n) is 7.38. The molecule has 1 heterocycles. The van der Waals surface area contributed by atoms with Gasteiger partial charge >= 0.3 is 0 Å². The second-order valence-corrected chi connectivity index (χ2v) is 7.38. The van der Waals surface area contributed by atoms with Gasteiger partial charge in [-0.05, 0) is 38.0 Å². The highest BCUT2D eigenvalue weighted by Crippen LogP contribution is 2.29. The van der Waals surface area contributed by atoms with Crippen molar-refractivity contribution in [1.82, 2.24) is 10.2 Å². The molecule has 1 saturated heterocycles. The van der Waals surface area contributed by atoms with Gasteiger partial charge in [0.15, 0.2) is 5.60 Å². The van der Waals surface area contributed by atoms with Crippen LogP contribution in [0.1, 0.15) is 64.2 Å². The smallest absolute Gasteiger partial charge is 0.255 e. The Morgan fingerprint density at radius 1 is 1.14 bits per heavy atom. The molecule has 3 aliphatic rings. The zero-order chi connectivity index (χ0) is 14.7. The number of carbonyl (C=O) groups is 1. The van der Waals surface area contributed by atoms with Gasteiger partial charge in [0, 0.05) is 25.7 Å². The number of hydrogen-bond donors (Lipinski definition) is 2. The van der Waals surface area contributed by atoms with Crippen LogP contribution in [0.25, 0.3) is 0 Å². The third-order valence-corrected chi connectivity index (χ3v) is 5.50. The van der Waals surface area contributed by atoms with E-state index in [-0.39, 0.29) is 5.91 Å². The second kappa shape index (κ2) is 6.66. The van der Waals surface area contributed by atoms with Crippen LogP contribution < -0.4 is 5.32 Å². The summed E-state index contributed by atoms with van der Waals surface area (Å²) in [5.41, 5.74) is -1.15. The molecule has 0 radical (unpaired) electrons. The molecule has 2 N–H and O–H groups in total. The summed E-state index contributed by atoms with van der Waals surface area (Å²) in [6, 6.07) is 0.541. The van der Waals surface area contributed by atoms with E-state index >= 15 is 0 Å². The number of carbonyl (C=O) groups excluding carboxylic acids is 1. The molecule has 1 amide bonds. The average Bonchev–Trinajstić information content (AvgIpc) is 3.32. The lowest BCUT2D eigenvalue weighted by Gasteiger charge is -2.39. The molecule has 0 aromatic rings. The molecule has 21 heavy (non-hydrogen) atoms. The fourth-order valence-corrected chi connectivity index (χ4v) is 3.86. The van der Waals surface area contributed by atoms with Gasteiger partial charge in [-0.2, -0.15) is 0 Å². The fourth-order valence-electron chi connectivity index (χ4n) is 3.86. The summed E-state index contributed by atoms with van der Waals surface area (Å²) in [4.78, 5) is 14.5. The molecule has 2 saturated carbocycles. The van der Waals surface area contributed by atoms with Crippen LogP contribution in [0.4, 0.5) is 0 Å². The molecular weight excluding hydrogens is 264 g/mol. The number of nitrogens with one attached hydrogen (secondary N) is 1. The van der Waals surface area contributed by atoms with Gasteiger partial charge in [0.2, 0.25) is 0 Å². The van der Waals surface area contributed by atoms with Gasteiger partial charge < -0.3 is 15.3 Å². The minimum Gasteiger partial charge on any atom is -0.379 e. The lowest BCUT2D eigenvalue weighted by atomic mass is 9.86. The summed E-state index contributed by atoms with van der Waals surface area (Å²) < 4.78 is 0. The van der Waals surface area contributed by atoms with E-state index in [9.17, 15) is 9.90 Å². The van der Waals surface area contributed by atoms with Crippen LogP contribution in [0.2, 0.25) is 0 Å². The van der Waals surface area contributed by atoms with Crippen LogP contribution in [0.15, 0.2) is 0 Å². The van der Waals surface area contributed by atoms with Crippen molar-refractivity contribution in [3.63, 3.8) is 0 Å². The van der Waals surface area contributed by atoms with Gasteiger partial charge in [0.25, 0.3) is 5.91 Å². The zero-order valence-corrected chi connectivity index (χ0v) is 13.1. The Bertz CT molecular complexity index is 364. The maximum absolute atomic E-state index is 12.6. The molecule has 4 heteroatoms. The van der Waals surface area contributed by atoms with Gasteiger partial charge in [-0.1, -0.05) is 32.1 Å². The number of nitrogens with zero attached hydrogens (tertiary/aromatic N) is 1. The zero-order valence-electron chi connectivity index (χ0n) is 13.1. The Labute approximate surface area is 128 Å². The largest absolute Gasteiger partial charge is 0.379 e.